The summed E-state index contributed by atoms with van der Waals surface area (Å²) in [6, 6.07) is 25.4. The standard InChI is InChI=1S/C28H31N3O5/c1-31(2)21-12-8-19(9-13-21)16-29-24-17-33-27-25(18-34-26(24)27)36-28(32)30-20-10-14-23(15-11-20)35-22-6-4-3-5-7-22/h3-15,24-27,29H,16-18H2,1-2H3,(H,30,32)/p+1/t24-,25+,26+,27+/m0/s1. The number of fused-ring (bicyclic) bond motifs is 1. The number of anilines is 2. The molecule has 0 aromatic heterocycles. The molecule has 0 bridgehead atoms. The van der Waals surface area contributed by atoms with Crippen molar-refractivity contribution in [2.75, 3.05) is 37.5 Å². The molecule has 1 amide bonds. The summed E-state index contributed by atoms with van der Waals surface area (Å²) < 4.78 is 23.4. The van der Waals surface area contributed by atoms with Gasteiger partial charge in [-0.1, -0.05) is 30.3 Å². The van der Waals surface area contributed by atoms with E-state index in [9.17, 15) is 4.79 Å². The molecule has 4 atom stereocenters. The van der Waals surface area contributed by atoms with Gasteiger partial charge in [0.05, 0.1) is 6.61 Å². The van der Waals surface area contributed by atoms with Crippen LogP contribution in [-0.4, -0.2) is 57.8 Å². The van der Waals surface area contributed by atoms with Gasteiger partial charge in [0.1, 0.15) is 42.9 Å². The minimum atomic E-state index is -0.530. The zero-order valence-electron chi connectivity index (χ0n) is 20.5. The van der Waals surface area contributed by atoms with Gasteiger partial charge in [-0.25, -0.2) is 4.79 Å². The largest absolute Gasteiger partial charge is 0.457 e. The predicted molar refractivity (Wildman–Crippen MR) is 137 cm³/mol. The second-order valence-electron chi connectivity index (χ2n) is 9.27. The Balaban J connectivity index is 1.08. The summed E-state index contributed by atoms with van der Waals surface area (Å²) in [6.07, 6.45) is -1.32. The van der Waals surface area contributed by atoms with Crippen LogP contribution in [0.5, 0.6) is 11.5 Å². The number of hydrogen-bond acceptors (Lipinski definition) is 6. The number of nitrogens with zero attached hydrogens (tertiary/aromatic N) is 1. The Kier molecular flexibility index (Phi) is 7.36. The summed E-state index contributed by atoms with van der Waals surface area (Å²) in [5.41, 5.74) is 3.04. The fourth-order valence-corrected chi connectivity index (χ4v) is 4.53. The van der Waals surface area contributed by atoms with Gasteiger partial charge in [0.25, 0.3) is 0 Å². The first-order valence-electron chi connectivity index (χ1n) is 12.2. The van der Waals surface area contributed by atoms with E-state index in [1.54, 1.807) is 24.3 Å². The fourth-order valence-electron chi connectivity index (χ4n) is 4.53. The zero-order chi connectivity index (χ0) is 24.9. The molecule has 0 unspecified atom stereocenters. The van der Waals surface area contributed by atoms with E-state index in [0.29, 0.717) is 24.7 Å². The molecule has 0 spiro atoms. The Morgan fingerprint density at radius 2 is 1.61 bits per heavy atom. The summed E-state index contributed by atoms with van der Waals surface area (Å²) >= 11 is 0. The number of rotatable bonds is 8. The van der Waals surface area contributed by atoms with Gasteiger partial charge in [0.2, 0.25) is 0 Å². The van der Waals surface area contributed by atoms with E-state index < -0.39 is 12.2 Å². The lowest BCUT2D eigenvalue weighted by atomic mass is 10.1. The molecule has 5 rings (SSSR count). The maximum atomic E-state index is 12.5. The number of nitrogens with one attached hydrogen (secondary N) is 1. The van der Waals surface area contributed by atoms with Crippen LogP contribution in [0.4, 0.5) is 16.2 Å². The first kappa shape index (κ1) is 24.1. The number of benzene rings is 3. The van der Waals surface area contributed by atoms with Crippen LogP contribution in [0.3, 0.4) is 0 Å². The molecule has 8 nitrogen and oxygen atoms in total. The maximum absolute atomic E-state index is 12.5. The molecule has 2 fully saturated rings. The Morgan fingerprint density at radius 1 is 0.917 bits per heavy atom. The third-order valence-electron chi connectivity index (χ3n) is 6.49. The maximum Gasteiger partial charge on any atom is 0.412 e. The Morgan fingerprint density at radius 3 is 2.33 bits per heavy atom. The number of carbonyl (C=O) groups is 1. The van der Waals surface area contributed by atoms with Crippen molar-refractivity contribution in [3.63, 3.8) is 0 Å². The van der Waals surface area contributed by atoms with Crippen molar-refractivity contribution in [2.45, 2.75) is 30.9 Å². The number of nitrogens with two attached hydrogens (primary N) is 1. The Bertz CT molecular complexity index is 1140. The lowest BCUT2D eigenvalue weighted by Gasteiger charge is -2.17. The Hall–Kier alpha value is -3.59. The molecular formula is C28H32N3O5+. The van der Waals surface area contributed by atoms with Crippen LogP contribution >= 0.6 is 0 Å². The average molecular weight is 491 g/mol. The number of amides is 1. The van der Waals surface area contributed by atoms with E-state index in [-0.39, 0.29) is 18.2 Å². The van der Waals surface area contributed by atoms with Gasteiger partial charge >= 0.3 is 6.09 Å². The first-order chi connectivity index (χ1) is 17.5. The monoisotopic (exact) mass is 490 g/mol. The molecule has 0 saturated carbocycles. The quantitative estimate of drug-likeness (QED) is 0.504. The van der Waals surface area contributed by atoms with E-state index in [2.05, 4.69) is 39.8 Å². The second kappa shape index (κ2) is 11.0. The van der Waals surface area contributed by atoms with Crippen molar-refractivity contribution in [3.05, 3.63) is 84.4 Å². The van der Waals surface area contributed by atoms with E-state index >= 15 is 0 Å². The summed E-state index contributed by atoms with van der Waals surface area (Å²) in [7, 11) is 4.07. The van der Waals surface area contributed by atoms with Crippen molar-refractivity contribution < 1.29 is 29.1 Å². The lowest BCUT2D eigenvalue weighted by molar-refractivity contribution is -0.707. The summed E-state index contributed by atoms with van der Waals surface area (Å²) in [6.45, 7) is 1.73. The minimum absolute atomic E-state index is 0.0988. The molecule has 2 aliphatic heterocycles. The zero-order valence-corrected chi connectivity index (χ0v) is 20.5. The van der Waals surface area contributed by atoms with Gasteiger partial charge in [-0.2, -0.15) is 0 Å². The molecule has 36 heavy (non-hydrogen) atoms. The molecule has 2 saturated heterocycles. The van der Waals surface area contributed by atoms with Gasteiger partial charge in [0.15, 0.2) is 6.10 Å². The number of quaternary nitrogens is 1. The van der Waals surface area contributed by atoms with Crippen LogP contribution in [0.15, 0.2) is 78.9 Å². The summed E-state index contributed by atoms with van der Waals surface area (Å²) in [4.78, 5) is 14.6. The van der Waals surface area contributed by atoms with Crippen molar-refractivity contribution in [1.29, 1.82) is 0 Å². The van der Waals surface area contributed by atoms with Crippen LogP contribution in [-0.2, 0) is 20.8 Å². The van der Waals surface area contributed by atoms with E-state index in [0.717, 1.165) is 12.3 Å². The van der Waals surface area contributed by atoms with Crippen LogP contribution in [0.25, 0.3) is 0 Å². The highest BCUT2D eigenvalue weighted by atomic mass is 16.6. The topological polar surface area (TPSA) is 85.9 Å². The molecule has 0 radical (unpaired) electrons. The van der Waals surface area contributed by atoms with Gasteiger partial charge in [-0.3, -0.25) is 5.32 Å². The smallest absolute Gasteiger partial charge is 0.412 e. The summed E-state index contributed by atoms with van der Waals surface area (Å²) in [5.74, 6) is 1.44. The van der Waals surface area contributed by atoms with Gasteiger partial charge in [-0.15, -0.1) is 0 Å². The molecule has 0 aliphatic carbocycles. The van der Waals surface area contributed by atoms with Crippen LogP contribution < -0.4 is 20.3 Å². The van der Waals surface area contributed by atoms with Crippen molar-refractivity contribution in [3.8, 4) is 11.5 Å². The molecule has 8 heteroatoms. The summed E-state index contributed by atoms with van der Waals surface area (Å²) in [5, 5.41) is 5.02. The van der Waals surface area contributed by atoms with Crippen molar-refractivity contribution in [1.82, 2.24) is 0 Å². The first-order valence-corrected chi connectivity index (χ1v) is 12.2. The highest BCUT2D eigenvalue weighted by molar-refractivity contribution is 5.84. The molecule has 3 N–H and O–H groups in total. The highest BCUT2D eigenvalue weighted by Crippen LogP contribution is 2.28. The molecular weight excluding hydrogens is 458 g/mol. The van der Waals surface area contributed by atoms with Gasteiger partial charge in [-0.05, 0) is 48.5 Å². The fraction of sp³-hybridized carbons (Fsp3) is 0.321. The normalized spacial score (nSPS) is 22.6. The molecule has 2 aliphatic rings. The van der Waals surface area contributed by atoms with Crippen LogP contribution in [0.2, 0.25) is 0 Å². The second-order valence-corrected chi connectivity index (χ2v) is 9.27. The van der Waals surface area contributed by atoms with Crippen molar-refractivity contribution in [2.24, 2.45) is 0 Å². The number of carbonyl (C=O) groups excluding carboxylic acids is 1. The molecule has 3 aromatic carbocycles. The van der Waals surface area contributed by atoms with Gasteiger partial charge in [0, 0.05) is 31.0 Å². The Labute approximate surface area is 211 Å². The third kappa shape index (κ3) is 5.79. The predicted octanol–water partition coefficient (Wildman–Crippen LogP) is 3.39. The number of ether oxygens (including phenoxy) is 4. The van der Waals surface area contributed by atoms with E-state index in [1.807, 2.05) is 44.4 Å². The van der Waals surface area contributed by atoms with Crippen LogP contribution in [0.1, 0.15) is 5.56 Å². The number of para-hydroxylation sites is 1. The average Bonchev–Trinajstić information content (AvgIpc) is 3.48. The van der Waals surface area contributed by atoms with Crippen LogP contribution in [0, 0.1) is 0 Å². The van der Waals surface area contributed by atoms with E-state index in [4.69, 9.17) is 18.9 Å². The molecule has 188 valence electrons. The minimum Gasteiger partial charge on any atom is -0.457 e. The van der Waals surface area contributed by atoms with Gasteiger partial charge < -0.3 is 29.2 Å². The van der Waals surface area contributed by atoms with Crippen molar-refractivity contribution >= 4 is 17.5 Å². The third-order valence-corrected chi connectivity index (χ3v) is 6.49. The molecule has 2 heterocycles. The highest BCUT2D eigenvalue weighted by Gasteiger charge is 2.51. The molecule has 3 aromatic rings. The lowest BCUT2D eigenvalue weighted by Crippen LogP contribution is -2.91. The number of hydrogen-bond donors (Lipinski definition) is 2. The van der Waals surface area contributed by atoms with E-state index in [1.165, 1.54) is 11.3 Å². The SMILES string of the molecule is CN(C)c1ccc(C[NH2+][C@H]2CO[C@H]3[C@@H]2OC[C@H]3OC(=O)Nc2ccc(Oc3ccccc3)cc2)cc1.